The van der Waals surface area contributed by atoms with E-state index in [-0.39, 0.29) is 0 Å². The van der Waals surface area contributed by atoms with Crippen molar-refractivity contribution in [1.29, 1.82) is 0 Å². The van der Waals surface area contributed by atoms with Crippen LogP contribution in [0, 0.1) is 0 Å². The lowest BCUT2D eigenvalue weighted by atomic mass is 9.93. The lowest BCUT2D eigenvalue weighted by Crippen LogP contribution is -2.17. The lowest BCUT2D eigenvalue weighted by molar-refractivity contribution is 0.174. The molecular weight excluding hydrogens is 266 g/mol. The van der Waals surface area contributed by atoms with Gasteiger partial charge in [0.1, 0.15) is 5.75 Å². The van der Waals surface area contributed by atoms with Crippen LogP contribution in [0.1, 0.15) is 23.6 Å². The molecule has 2 aliphatic heterocycles. The zero-order chi connectivity index (χ0) is 14.2. The normalized spacial score (nSPS) is 18.8. The molecule has 21 heavy (non-hydrogen) atoms. The molecule has 0 saturated heterocycles. The number of ether oxygens (including phenoxy) is 3. The summed E-state index contributed by atoms with van der Waals surface area (Å²) in [6.07, 6.45) is 2.11. The summed E-state index contributed by atoms with van der Waals surface area (Å²) in [6, 6.07) is 12.7. The maximum Gasteiger partial charge on any atom is 0.231 e. The molecule has 2 aliphatic rings. The summed E-state index contributed by atoms with van der Waals surface area (Å²) in [5.41, 5.74) is 3.72. The van der Waals surface area contributed by atoms with Gasteiger partial charge in [-0.15, -0.1) is 0 Å². The van der Waals surface area contributed by atoms with Crippen molar-refractivity contribution in [3.63, 3.8) is 0 Å². The highest BCUT2D eigenvalue weighted by atomic mass is 16.7. The third-order valence-electron chi connectivity index (χ3n) is 4.15. The fourth-order valence-electron chi connectivity index (χ4n) is 2.97. The second kappa shape index (κ2) is 4.88. The summed E-state index contributed by atoms with van der Waals surface area (Å²) >= 11 is 0. The van der Waals surface area contributed by atoms with Gasteiger partial charge in [0.05, 0.1) is 13.2 Å². The number of benzene rings is 2. The molecule has 4 rings (SSSR count). The smallest absolute Gasteiger partial charge is 0.231 e. The summed E-state index contributed by atoms with van der Waals surface area (Å²) < 4.78 is 16.1. The SMILES string of the molecule is COc1ccc([C@@H]2CCc3cc4c(cc3N2)OCO4)cc1. The molecule has 4 heteroatoms. The van der Waals surface area contributed by atoms with Crippen molar-refractivity contribution in [1.82, 2.24) is 0 Å². The molecule has 0 saturated carbocycles. The number of nitrogens with one attached hydrogen (secondary N) is 1. The van der Waals surface area contributed by atoms with E-state index < -0.39 is 0 Å². The van der Waals surface area contributed by atoms with Crippen molar-refractivity contribution in [2.75, 3.05) is 19.2 Å². The Balaban J connectivity index is 1.60. The van der Waals surface area contributed by atoms with Crippen molar-refractivity contribution in [3.8, 4) is 17.2 Å². The van der Waals surface area contributed by atoms with Crippen LogP contribution in [0.15, 0.2) is 36.4 Å². The summed E-state index contributed by atoms with van der Waals surface area (Å²) in [5, 5.41) is 3.60. The highest BCUT2D eigenvalue weighted by molar-refractivity contribution is 5.63. The molecule has 1 N–H and O–H groups in total. The van der Waals surface area contributed by atoms with Gasteiger partial charge in [0, 0.05) is 11.8 Å². The molecule has 0 bridgehead atoms. The van der Waals surface area contributed by atoms with E-state index in [1.54, 1.807) is 7.11 Å². The van der Waals surface area contributed by atoms with Crippen molar-refractivity contribution in [2.45, 2.75) is 18.9 Å². The Morgan fingerprint density at radius 1 is 1.10 bits per heavy atom. The first-order valence-electron chi connectivity index (χ1n) is 7.16. The Morgan fingerprint density at radius 3 is 2.62 bits per heavy atom. The number of hydrogen-bond donors (Lipinski definition) is 1. The first kappa shape index (κ1) is 12.4. The standard InChI is InChI=1S/C17H17NO3/c1-19-13-5-2-11(3-6-13)14-7-4-12-8-16-17(21-10-20-16)9-15(12)18-14/h2-3,5-6,8-9,14,18H,4,7,10H2,1H3/t14-/m0/s1. The average molecular weight is 283 g/mol. The van der Waals surface area contributed by atoms with Crippen LogP contribution in [0.4, 0.5) is 5.69 Å². The molecule has 4 nitrogen and oxygen atoms in total. The number of aryl methyl sites for hydroxylation is 1. The van der Waals surface area contributed by atoms with Gasteiger partial charge >= 0.3 is 0 Å². The van der Waals surface area contributed by atoms with E-state index in [9.17, 15) is 0 Å². The maximum atomic E-state index is 5.46. The number of rotatable bonds is 2. The molecule has 0 spiro atoms. The quantitative estimate of drug-likeness (QED) is 0.915. The van der Waals surface area contributed by atoms with E-state index in [0.717, 1.165) is 35.8 Å². The molecule has 1 atom stereocenters. The van der Waals surface area contributed by atoms with Gasteiger partial charge in [-0.2, -0.15) is 0 Å². The van der Waals surface area contributed by atoms with E-state index in [4.69, 9.17) is 14.2 Å². The predicted octanol–water partition coefficient (Wildman–Crippen LogP) is 3.52. The van der Waals surface area contributed by atoms with Crippen molar-refractivity contribution in [2.24, 2.45) is 0 Å². The summed E-state index contributed by atoms with van der Waals surface area (Å²) in [7, 11) is 1.69. The highest BCUT2D eigenvalue weighted by Gasteiger charge is 2.23. The van der Waals surface area contributed by atoms with Gasteiger partial charge in [-0.1, -0.05) is 12.1 Å². The van der Waals surface area contributed by atoms with Gasteiger partial charge < -0.3 is 19.5 Å². The second-order valence-electron chi connectivity index (χ2n) is 5.37. The van der Waals surface area contributed by atoms with Crippen LogP contribution in [0.25, 0.3) is 0 Å². The molecule has 0 aromatic heterocycles. The molecule has 0 aliphatic carbocycles. The van der Waals surface area contributed by atoms with E-state index in [1.165, 1.54) is 11.1 Å². The van der Waals surface area contributed by atoms with E-state index in [2.05, 4.69) is 23.5 Å². The van der Waals surface area contributed by atoms with Crippen molar-refractivity contribution < 1.29 is 14.2 Å². The minimum absolute atomic E-state index is 0.320. The van der Waals surface area contributed by atoms with Crippen LogP contribution in [-0.4, -0.2) is 13.9 Å². The average Bonchev–Trinajstić information content (AvgIpc) is 2.99. The van der Waals surface area contributed by atoms with Crippen LogP contribution >= 0.6 is 0 Å². The van der Waals surface area contributed by atoms with Crippen LogP contribution in [0.2, 0.25) is 0 Å². The van der Waals surface area contributed by atoms with Gasteiger partial charge in [-0.05, 0) is 42.2 Å². The summed E-state index contributed by atoms with van der Waals surface area (Å²) in [4.78, 5) is 0. The molecular formula is C17H17NO3. The predicted molar refractivity (Wildman–Crippen MR) is 80.2 cm³/mol. The molecule has 0 fully saturated rings. The number of fused-ring (bicyclic) bond motifs is 2. The third-order valence-corrected chi connectivity index (χ3v) is 4.15. The van der Waals surface area contributed by atoms with Gasteiger partial charge in [0.15, 0.2) is 11.5 Å². The molecule has 0 unspecified atom stereocenters. The zero-order valence-electron chi connectivity index (χ0n) is 11.9. The largest absolute Gasteiger partial charge is 0.497 e. The number of hydrogen-bond acceptors (Lipinski definition) is 4. The van der Waals surface area contributed by atoms with Crippen LogP contribution in [-0.2, 0) is 6.42 Å². The Hall–Kier alpha value is -2.36. The Bertz CT molecular complexity index is 666. The monoisotopic (exact) mass is 283 g/mol. The number of anilines is 1. The minimum Gasteiger partial charge on any atom is -0.497 e. The fraction of sp³-hybridized carbons (Fsp3) is 0.294. The first-order valence-corrected chi connectivity index (χ1v) is 7.16. The summed E-state index contributed by atoms with van der Waals surface area (Å²) in [6.45, 7) is 0.320. The van der Waals surface area contributed by atoms with Crippen LogP contribution in [0.5, 0.6) is 17.2 Å². The summed E-state index contributed by atoms with van der Waals surface area (Å²) in [5.74, 6) is 2.58. The first-order chi connectivity index (χ1) is 10.3. The minimum atomic E-state index is 0.320. The molecule has 0 radical (unpaired) electrons. The van der Waals surface area contributed by atoms with Crippen LogP contribution < -0.4 is 19.5 Å². The topological polar surface area (TPSA) is 39.7 Å². The van der Waals surface area contributed by atoms with Gasteiger partial charge in [0.2, 0.25) is 6.79 Å². The van der Waals surface area contributed by atoms with E-state index in [0.29, 0.717) is 12.8 Å². The lowest BCUT2D eigenvalue weighted by Gasteiger charge is -2.27. The Morgan fingerprint density at radius 2 is 1.86 bits per heavy atom. The fourth-order valence-corrected chi connectivity index (χ4v) is 2.97. The Labute approximate surface area is 123 Å². The van der Waals surface area contributed by atoms with Gasteiger partial charge in [0.25, 0.3) is 0 Å². The van der Waals surface area contributed by atoms with E-state index in [1.807, 2.05) is 18.2 Å². The second-order valence-corrected chi connectivity index (χ2v) is 5.37. The highest BCUT2D eigenvalue weighted by Crippen LogP contribution is 2.41. The molecule has 2 heterocycles. The molecule has 2 aromatic carbocycles. The van der Waals surface area contributed by atoms with E-state index >= 15 is 0 Å². The maximum absolute atomic E-state index is 5.46. The Kier molecular flexibility index (Phi) is 2.88. The molecule has 0 amide bonds. The van der Waals surface area contributed by atoms with Crippen LogP contribution in [0.3, 0.4) is 0 Å². The van der Waals surface area contributed by atoms with Gasteiger partial charge in [-0.3, -0.25) is 0 Å². The van der Waals surface area contributed by atoms with Gasteiger partial charge in [-0.25, -0.2) is 0 Å². The number of methoxy groups -OCH3 is 1. The molecule has 108 valence electrons. The van der Waals surface area contributed by atoms with Crippen molar-refractivity contribution in [3.05, 3.63) is 47.5 Å². The third kappa shape index (κ3) is 2.17. The molecule has 2 aromatic rings. The zero-order valence-corrected chi connectivity index (χ0v) is 11.9. The van der Waals surface area contributed by atoms with Crippen molar-refractivity contribution >= 4 is 5.69 Å².